The SMILES string of the molecule is Cc1ccccc1-n1cc(O)c(C(=O)O)n1. The van der Waals surface area contributed by atoms with Crippen molar-refractivity contribution in [3.8, 4) is 11.4 Å². The minimum absolute atomic E-state index is 0.337. The van der Waals surface area contributed by atoms with Crippen LogP contribution in [0.5, 0.6) is 5.75 Å². The maximum atomic E-state index is 10.7. The lowest BCUT2D eigenvalue weighted by Crippen LogP contribution is -2.02. The molecule has 0 aliphatic heterocycles. The Kier molecular flexibility index (Phi) is 2.36. The second-order valence-corrected chi connectivity index (χ2v) is 3.40. The first-order valence-electron chi connectivity index (χ1n) is 4.67. The Morgan fingerprint density at radius 3 is 2.62 bits per heavy atom. The summed E-state index contributed by atoms with van der Waals surface area (Å²) in [7, 11) is 0. The van der Waals surface area contributed by atoms with Crippen LogP contribution in [0.3, 0.4) is 0 Å². The molecule has 2 N–H and O–H groups in total. The van der Waals surface area contributed by atoms with Crippen molar-refractivity contribution in [2.45, 2.75) is 6.92 Å². The van der Waals surface area contributed by atoms with Crippen molar-refractivity contribution in [3.05, 3.63) is 41.7 Å². The average molecular weight is 218 g/mol. The highest BCUT2D eigenvalue weighted by Gasteiger charge is 2.15. The van der Waals surface area contributed by atoms with Crippen LogP contribution in [-0.2, 0) is 0 Å². The highest BCUT2D eigenvalue weighted by molar-refractivity contribution is 5.88. The van der Waals surface area contributed by atoms with E-state index in [0.29, 0.717) is 0 Å². The number of rotatable bonds is 2. The number of carboxylic acids is 1. The molecule has 1 aromatic carbocycles. The van der Waals surface area contributed by atoms with Gasteiger partial charge in [0, 0.05) is 0 Å². The van der Waals surface area contributed by atoms with Crippen molar-refractivity contribution in [3.63, 3.8) is 0 Å². The highest BCUT2D eigenvalue weighted by Crippen LogP contribution is 2.19. The third-order valence-electron chi connectivity index (χ3n) is 2.26. The van der Waals surface area contributed by atoms with Crippen molar-refractivity contribution in [1.29, 1.82) is 0 Å². The van der Waals surface area contributed by atoms with Crippen LogP contribution in [0.15, 0.2) is 30.5 Å². The van der Waals surface area contributed by atoms with Crippen molar-refractivity contribution in [2.24, 2.45) is 0 Å². The first kappa shape index (κ1) is 10.2. The van der Waals surface area contributed by atoms with E-state index in [2.05, 4.69) is 5.10 Å². The molecule has 0 unspecified atom stereocenters. The van der Waals surface area contributed by atoms with E-state index in [-0.39, 0.29) is 11.4 Å². The number of aromatic hydroxyl groups is 1. The number of aryl methyl sites for hydroxylation is 1. The molecule has 0 atom stereocenters. The van der Waals surface area contributed by atoms with Crippen LogP contribution < -0.4 is 0 Å². The zero-order valence-electron chi connectivity index (χ0n) is 8.58. The molecule has 0 bridgehead atoms. The van der Waals surface area contributed by atoms with Crippen LogP contribution in [0.1, 0.15) is 16.1 Å². The number of carboxylic acid groups (broad SMARTS) is 1. The summed E-state index contributed by atoms with van der Waals surface area (Å²) in [5.74, 6) is -1.58. The highest BCUT2D eigenvalue weighted by atomic mass is 16.4. The zero-order valence-corrected chi connectivity index (χ0v) is 8.58. The van der Waals surface area contributed by atoms with E-state index < -0.39 is 5.97 Å². The predicted molar refractivity (Wildman–Crippen MR) is 56.9 cm³/mol. The topological polar surface area (TPSA) is 75.4 Å². The minimum Gasteiger partial charge on any atom is -0.504 e. The first-order valence-corrected chi connectivity index (χ1v) is 4.67. The van der Waals surface area contributed by atoms with E-state index >= 15 is 0 Å². The normalized spacial score (nSPS) is 10.3. The molecule has 0 fully saturated rings. The van der Waals surface area contributed by atoms with Crippen molar-refractivity contribution >= 4 is 5.97 Å². The number of aromatic nitrogens is 2. The van der Waals surface area contributed by atoms with Gasteiger partial charge in [-0.15, -0.1) is 0 Å². The van der Waals surface area contributed by atoms with Gasteiger partial charge in [-0.25, -0.2) is 9.48 Å². The molecule has 5 nitrogen and oxygen atoms in total. The lowest BCUT2D eigenvalue weighted by molar-refractivity contribution is 0.0687. The van der Waals surface area contributed by atoms with Crippen LogP contribution in [0.4, 0.5) is 0 Å². The number of hydrogen-bond donors (Lipinski definition) is 2. The second kappa shape index (κ2) is 3.69. The molecule has 2 rings (SSSR count). The van der Waals surface area contributed by atoms with Gasteiger partial charge in [0.15, 0.2) is 5.75 Å². The molecule has 0 radical (unpaired) electrons. The summed E-state index contributed by atoms with van der Waals surface area (Å²) in [5.41, 5.74) is 1.34. The molecule has 1 aromatic heterocycles. The molecule has 0 amide bonds. The lowest BCUT2D eigenvalue weighted by atomic mass is 10.2. The van der Waals surface area contributed by atoms with Gasteiger partial charge in [0.2, 0.25) is 5.69 Å². The number of nitrogens with zero attached hydrogens (tertiary/aromatic N) is 2. The Morgan fingerprint density at radius 1 is 1.38 bits per heavy atom. The van der Waals surface area contributed by atoms with Gasteiger partial charge in [0.25, 0.3) is 0 Å². The second-order valence-electron chi connectivity index (χ2n) is 3.40. The fraction of sp³-hybridized carbons (Fsp3) is 0.0909. The van der Waals surface area contributed by atoms with E-state index in [4.69, 9.17) is 5.11 Å². The fourth-order valence-electron chi connectivity index (χ4n) is 1.46. The molecule has 1 heterocycles. The van der Waals surface area contributed by atoms with Crippen LogP contribution in [-0.4, -0.2) is 26.0 Å². The van der Waals surface area contributed by atoms with E-state index in [1.54, 1.807) is 6.07 Å². The van der Waals surface area contributed by atoms with E-state index in [9.17, 15) is 9.90 Å². The molecular formula is C11H10N2O3. The smallest absolute Gasteiger partial charge is 0.360 e. The first-order chi connectivity index (χ1) is 7.59. The summed E-state index contributed by atoms with van der Waals surface area (Å²) >= 11 is 0. The number of aromatic carboxylic acids is 1. The van der Waals surface area contributed by atoms with Crippen molar-refractivity contribution in [2.75, 3.05) is 0 Å². The van der Waals surface area contributed by atoms with Gasteiger partial charge in [-0.05, 0) is 18.6 Å². The van der Waals surface area contributed by atoms with Crippen molar-refractivity contribution < 1.29 is 15.0 Å². The molecule has 5 heteroatoms. The van der Waals surface area contributed by atoms with Gasteiger partial charge in [0.05, 0.1) is 11.9 Å². The summed E-state index contributed by atoms with van der Waals surface area (Å²) < 4.78 is 1.36. The molecule has 0 aliphatic carbocycles. The number of carbonyl (C=O) groups is 1. The number of para-hydroxylation sites is 1. The van der Waals surface area contributed by atoms with Crippen molar-refractivity contribution in [1.82, 2.24) is 9.78 Å². The maximum Gasteiger partial charge on any atom is 0.360 e. The third-order valence-corrected chi connectivity index (χ3v) is 2.26. The van der Waals surface area contributed by atoms with Crippen LogP contribution >= 0.6 is 0 Å². The Hall–Kier alpha value is -2.30. The minimum atomic E-state index is -1.25. The largest absolute Gasteiger partial charge is 0.504 e. The Morgan fingerprint density at radius 2 is 2.06 bits per heavy atom. The zero-order chi connectivity index (χ0) is 11.7. The number of benzene rings is 1. The van der Waals surface area contributed by atoms with Gasteiger partial charge in [-0.1, -0.05) is 18.2 Å². The molecule has 2 aromatic rings. The summed E-state index contributed by atoms with van der Waals surface area (Å²) in [6, 6.07) is 7.38. The predicted octanol–water partition coefficient (Wildman–Crippen LogP) is 1.58. The molecular weight excluding hydrogens is 208 g/mol. The quantitative estimate of drug-likeness (QED) is 0.802. The van der Waals surface area contributed by atoms with Gasteiger partial charge in [-0.2, -0.15) is 5.10 Å². The molecule has 82 valence electrons. The van der Waals surface area contributed by atoms with Gasteiger partial charge in [0.1, 0.15) is 0 Å². The van der Waals surface area contributed by atoms with Gasteiger partial charge in [-0.3, -0.25) is 0 Å². The molecule has 0 saturated carbocycles. The van der Waals surface area contributed by atoms with Crippen LogP contribution in [0.25, 0.3) is 5.69 Å². The lowest BCUT2D eigenvalue weighted by Gasteiger charge is -2.03. The summed E-state index contributed by atoms with van der Waals surface area (Å²) in [6.07, 6.45) is 1.28. The Labute approximate surface area is 91.6 Å². The molecule has 16 heavy (non-hydrogen) atoms. The standard InChI is InChI=1S/C11H10N2O3/c1-7-4-2-3-5-8(7)13-6-9(14)10(12-13)11(15)16/h2-6,14H,1H3,(H,15,16). The van der Waals surface area contributed by atoms with E-state index in [1.165, 1.54) is 10.9 Å². The molecule has 0 spiro atoms. The summed E-state index contributed by atoms with van der Waals surface area (Å²) in [4.78, 5) is 10.7. The summed E-state index contributed by atoms with van der Waals surface area (Å²) in [5, 5.41) is 22.0. The van der Waals surface area contributed by atoms with Gasteiger partial charge >= 0.3 is 5.97 Å². The van der Waals surface area contributed by atoms with Gasteiger partial charge < -0.3 is 10.2 Å². The van der Waals surface area contributed by atoms with E-state index in [1.807, 2.05) is 25.1 Å². The molecule has 0 aliphatic rings. The molecule has 0 saturated heterocycles. The summed E-state index contributed by atoms with van der Waals surface area (Å²) in [6.45, 7) is 1.88. The Balaban J connectivity index is 2.54. The average Bonchev–Trinajstić information content (AvgIpc) is 2.61. The van der Waals surface area contributed by atoms with E-state index in [0.717, 1.165) is 11.3 Å². The maximum absolute atomic E-state index is 10.7. The van der Waals surface area contributed by atoms with Crippen LogP contribution in [0.2, 0.25) is 0 Å². The third kappa shape index (κ3) is 1.63. The fourth-order valence-corrected chi connectivity index (χ4v) is 1.46. The number of hydrogen-bond acceptors (Lipinski definition) is 3. The van der Waals surface area contributed by atoms with Crippen LogP contribution in [0, 0.1) is 6.92 Å². The Bertz CT molecular complexity index is 546. The monoisotopic (exact) mass is 218 g/mol.